The van der Waals surface area contributed by atoms with Gasteiger partial charge < -0.3 is 29.6 Å². The fraction of sp³-hybridized carbons (Fsp3) is 0.235. The lowest BCUT2D eigenvalue weighted by atomic mass is 10.1. The van der Waals surface area contributed by atoms with Gasteiger partial charge in [0.05, 0.1) is 32.2 Å². The Bertz CT molecular complexity index is 1020. The smallest absolute Gasteiger partial charge is 0.209 e. The molecule has 1 heterocycles. The van der Waals surface area contributed by atoms with Crippen molar-refractivity contribution in [1.82, 2.24) is 4.57 Å². The van der Waals surface area contributed by atoms with E-state index in [1.807, 2.05) is 0 Å². The van der Waals surface area contributed by atoms with Crippen LogP contribution in [0.15, 0.2) is 23.0 Å². The Morgan fingerprint density at radius 2 is 1.67 bits per heavy atom. The quantitative estimate of drug-likeness (QED) is 0.563. The summed E-state index contributed by atoms with van der Waals surface area (Å²) in [6.07, 6.45) is 0. The third-order valence-corrected chi connectivity index (χ3v) is 4.12. The highest BCUT2D eigenvalue weighted by Gasteiger charge is 2.26. The molecule has 0 amide bonds. The van der Waals surface area contributed by atoms with Gasteiger partial charge in [0.2, 0.25) is 16.9 Å². The number of anilines is 1. The van der Waals surface area contributed by atoms with E-state index in [0.717, 1.165) is 0 Å². The van der Waals surface area contributed by atoms with Crippen molar-refractivity contribution in [3.63, 3.8) is 0 Å². The number of benzene rings is 2. The van der Waals surface area contributed by atoms with Crippen LogP contribution in [0, 0.1) is 0 Å². The first-order valence-electron chi connectivity index (χ1n) is 7.19. The number of rotatable bonds is 3. The second-order valence-corrected chi connectivity index (χ2v) is 5.34. The van der Waals surface area contributed by atoms with Gasteiger partial charge in [-0.3, -0.25) is 4.79 Å². The van der Waals surface area contributed by atoms with E-state index < -0.39 is 0 Å². The second-order valence-electron chi connectivity index (χ2n) is 5.34. The van der Waals surface area contributed by atoms with Gasteiger partial charge in [0.25, 0.3) is 0 Å². The first-order chi connectivity index (χ1) is 11.5. The van der Waals surface area contributed by atoms with E-state index in [1.54, 1.807) is 29.8 Å². The molecular formula is C17H18N2O5. The molecule has 3 N–H and O–H groups in total. The highest BCUT2D eigenvalue weighted by atomic mass is 16.5. The van der Waals surface area contributed by atoms with E-state index in [1.165, 1.54) is 21.3 Å². The van der Waals surface area contributed by atoms with Crippen LogP contribution in [0.1, 0.15) is 0 Å². The first-order valence-corrected chi connectivity index (χ1v) is 7.19. The third kappa shape index (κ3) is 1.94. The molecule has 0 fully saturated rings. The highest BCUT2D eigenvalue weighted by Crippen LogP contribution is 2.49. The maximum Gasteiger partial charge on any atom is 0.209 e. The number of hydrogen-bond acceptors (Lipinski definition) is 6. The Balaban J connectivity index is 2.71. The van der Waals surface area contributed by atoms with E-state index in [2.05, 4.69) is 0 Å². The zero-order valence-corrected chi connectivity index (χ0v) is 13.8. The number of aromatic hydroxyl groups is 1. The predicted octanol–water partition coefficient (Wildman–Crippen LogP) is 2.01. The number of methoxy groups -OCH3 is 3. The van der Waals surface area contributed by atoms with Gasteiger partial charge in [-0.25, -0.2) is 0 Å². The summed E-state index contributed by atoms with van der Waals surface area (Å²) >= 11 is 0. The molecule has 126 valence electrons. The molecule has 1 aromatic heterocycles. The van der Waals surface area contributed by atoms with Crippen molar-refractivity contribution in [3.8, 4) is 23.0 Å². The number of pyridine rings is 1. The van der Waals surface area contributed by atoms with Crippen LogP contribution in [-0.4, -0.2) is 31.0 Å². The van der Waals surface area contributed by atoms with Crippen LogP contribution in [0.5, 0.6) is 23.0 Å². The Kier molecular flexibility index (Phi) is 3.63. The summed E-state index contributed by atoms with van der Waals surface area (Å²) in [4.78, 5) is 12.9. The zero-order chi connectivity index (χ0) is 17.6. The molecule has 0 saturated heterocycles. The van der Waals surface area contributed by atoms with Crippen molar-refractivity contribution in [1.29, 1.82) is 0 Å². The van der Waals surface area contributed by atoms with E-state index in [0.29, 0.717) is 27.9 Å². The Morgan fingerprint density at radius 1 is 1.04 bits per heavy atom. The normalized spacial score (nSPS) is 11.0. The van der Waals surface area contributed by atoms with Crippen molar-refractivity contribution >= 4 is 27.5 Å². The van der Waals surface area contributed by atoms with Crippen molar-refractivity contribution in [3.05, 3.63) is 28.4 Å². The van der Waals surface area contributed by atoms with Gasteiger partial charge in [0.15, 0.2) is 11.5 Å². The molecule has 0 radical (unpaired) electrons. The summed E-state index contributed by atoms with van der Waals surface area (Å²) in [6.45, 7) is 0. The number of ether oxygens (including phenoxy) is 3. The predicted molar refractivity (Wildman–Crippen MR) is 92.4 cm³/mol. The molecule has 0 atom stereocenters. The standard InChI is InChI=1S/C17H18N2O5/c1-19-10-7-8(18)5-6-9(10)13(20)11-12(19)15(22-2)17(24-4)16(23-3)14(11)21/h5-7,21H,18H2,1-4H3. The molecule has 0 aliphatic rings. The van der Waals surface area contributed by atoms with Crippen LogP contribution in [0.3, 0.4) is 0 Å². The van der Waals surface area contributed by atoms with Crippen molar-refractivity contribution in [2.45, 2.75) is 0 Å². The number of hydrogen-bond donors (Lipinski definition) is 2. The minimum Gasteiger partial charge on any atom is -0.504 e. The molecule has 0 aliphatic carbocycles. The van der Waals surface area contributed by atoms with Crippen molar-refractivity contribution < 1.29 is 19.3 Å². The lowest BCUT2D eigenvalue weighted by Gasteiger charge is -2.19. The zero-order valence-electron chi connectivity index (χ0n) is 13.8. The number of phenols is 1. The fourth-order valence-electron chi connectivity index (χ4n) is 3.03. The van der Waals surface area contributed by atoms with Gasteiger partial charge in [-0.2, -0.15) is 0 Å². The number of aryl methyl sites for hydroxylation is 1. The second kappa shape index (κ2) is 5.52. The Labute approximate surface area is 137 Å². The van der Waals surface area contributed by atoms with Gasteiger partial charge in [0, 0.05) is 18.1 Å². The van der Waals surface area contributed by atoms with Gasteiger partial charge in [0.1, 0.15) is 5.52 Å². The molecule has 3 aromatic rings. The number of fused-ring (bicyclic) bond motifs is 2. The topological polar surface area (TPSA) is 95.9 Å². The van der Waals surface area contributed by atoms with Crippen LogP contribution in [0.25, 0.3) is 21.8 Å². The van der Waals surface area contributed by atoms with Crippen molar-refractivity contribution in [2.24, 2.45) is 7.05 Å². The van der Waals surface area contributed by atoms with Gasteiger partial charge in [-0.05, 0) is 18.2 Å². The van der Waals surface area contributed by atoms with Crippen LogP contribution < -0.4 is 25.4 Å². The van der Waals surface area contributed by atoms with Crippen LogP contribution >= 0.6 is 0 Å². The van der Waals surface area contributed by atoms with E-state index in [9.17, 15) is 9.90 Å². The molecule has 2 aromatic carbocycles. The summed E-state index contributed by atoms with van der Waals surface area (Å²) in [6, 6.07) is 4.98. The van der Waals surface area contributed by atoms with E-state index in [-0.39, 0.29) is 28.1 Å². The average Bonchev–Trinajstić information content (AvgIpc) is 2.58. The number of phenolic OH excluding ortho intramolecular Hbond substituents is 1. The largest absolute Gasteiger partial charge is 0.504 e. The van der Waals surface area contributed by atoms with Crippen LogP contribution in [0.2, 0.25) is 0 Å². The lowest BCUT2D eigenvalue weighted by Crippen LogP contribution is -2.12. The molecule has 3 rings (SSSR count). The number of nitrogens with zero attached hydrogens (tertiary/aromatic N) is 1. The Morgan fingerprint density at radius 3 is 2.25 bits per heavy atom. The molecular weight excluding hydrogens is 312 g/mol. The van der Waals surface area contributed by atoms with Gasteiger partial charge in [-0.15, -0.1) is 0 Å². The molecule has 24 heavy (non-hydrogen) atoms. The molecule has 0 unspecified atom stereocenters. The molecule has 7 nitrogen and oxygen atoms in total. The van der Waals surface area contributed by atoms with Crippen molar-refractivity contribution in [2.75, 3.05) is 27.1 Å². The minimum absolute atomic E-state index is 0.0498. The maximum absolute atomic E-state index is 12.9. The lowest BCUT2D eigenvalue weighted by molar-refractivity contribution is 0.313. The fourth-order valence-corrected chi connectivity index (χ4v) is 3.03. The monoisotopic (exact) mass is 330 g/mol. The SMILES string of the molecule is COc1c(OC)c(OC)c2c(c1O)c(=O)c1ccc(N)cc1n2C. The summed E-state index contributed by atoms with van der Waals surface area (Å²) in [5, 5.41) is 11.1. The minimum atomic E-state index is -0.338. The molecule has 0 saturated carbocycles. The summed E-state index contributed by atoms with van der Waals surface area (Å²) in [5.41, 5.74) is 7.06. The molecule has 0 spiro atoms. The number of aromatic nitrogens is 1. The van der Waals surface area contributed by atoms with Crippen LogP contribution in [-0.2, 0) is 7.05 Å². The highest BCUT2D eigenvalue weighted by molar-refractivity contribution is 6.03. The van der Waals surface area contributed by atoms with Crippen LogP contribution in [0.4, 0.5) is 5.69 Å². The van der Waals surface area contributed by atoms with E-state index >= 15 is 0 Å². The van der Waals surface area contributed by atoms with Gasteiger partial charge in [-0.1, -0.05) is 0 Å². The summed E-state index contributed by atoms with van der Waals surface area (Å²) < 4.78 is 17.7. The number of nitrogen functional groups attached to an aromatic ring is 1. The Hall–Kier alpha value is -3.09. The summed E-state index contributed by atoms with van der Waals surface area (Å²) in [5.74, 6) is 0.271. The summed E-state index contributed by atoms with van der Waals surface area (Å²) in [7, 11) is 6.04. The molecule has 7 heteroatoms. The number of nitrogens with two attached hydrogens (primary N) is 1. The first kappa shape index (κ1) is 15.8. The van der Waals surface area contributed by atoms with E-state index in [4.69, 9.17) is 19.9 Å². The molecule has 0 bridgehead atoms. The molecule has 0 aliphatic heterocycles. The average molecular weight is 330 g/mol. The van der Waals surface area contributed by atoms with Gasteiger partial charge >= 0.3 is 0 Å². The third-order valence-electron chi connectivity index (χ3n) is 4.12. The maximum atomic E-state index is 12.9.